The van der Waals surface area contributed by atoms with Gasteiger partial charge in [-0.3, -0.25) is 4.79 Å². The molecule has 0 aromatic heterocycles. The van der Waals surface area contributed by atoms with Gasteiger partial charge in [-0.1, -0.05) is 23.2 Å². The predicted molar refractivity (Wildman–Crippen MR) is 122 cm³/mol. The van der Waals surface area contributed by atoms with Crippen molar-refractivity contribution in [1.29, 1.82) is 0 Å². The Kier molecular flexibility index (Phi) is 7.86. The highest BCUT2D eigenvalue weighted by atomic mass is 35.5. The molecular formula is C21H31Cl2N3O3S. The van der Waals surface area contributed by atoms with Crippen LogP contribution in [0, 0.1) is 11.8 Å². The Bertz CT molecular complexity index is 761. The molecule has 0 spiro atoms. The van der Waals surface area contributed by atoms with Crippen molar-refractivity contribution in [2.24, 2.45) is 11.8 Å². The molecule has 3 atom stereocenters. The van der Waals surface area contributed by atoms with Crippen molar-refractivity contribution in [3.8, 4) is 5.75 Å². The fraction of sp³-hybridized carbons (Fsp3) is 0.667. The minimum atomic E-state index is -1.34. The highest BCUT2D eigenvalue weighted by Gasteiger charge is 2.38. The summed E-state index contributed by atoms with van der Waals surface area (Å²) in [5, 5.41) is 14.4. The Morgan fingerprint density at radius 2 is 1.90 bits per heavy atom. The third kappa shape index (κ3) is 5.56. The van der Waals surface area contributed by atoms with Crippen LogP contribution in [0.15, 0.2) is 12.1 Å². The predicted octanol–water partition coefficient (Wildman–Crippen LogP) is 3.64. The second-order valence-electron chi connectivity index (χ2n) is 9.15. The highest BCUT2D eigenvalue weighted by molar-refractivity contribution is 7.90. The van der Waals surface area contributed by atoms with E-state index in [0.717, 1.165) is 32.4 Å². The molecule has 1 aromatic rings. The van der Waals surface area contributed by atoms with Gasteiger partial charge in [0.05, 0.1) is 22.0 Å². The van der Waals surface area contributed by atoms with Gasteiger partial charge in [0.25, 0.3) is 0 Å². The van der Waals surface area contributed by atoms with Gasteiger partial charge in [0.15, 0.2) is 0 Å². The van der Waals surface area contributed by atoms with Gasteiger partial charge in [-0.25, -0.2) is 0 Å². The van der Waals surface area contributed by atoms with E-state index in [9.17, 15) is 14.5 Å². The minimum absolute atomic E-state index is 0.0309. The lowest BCUT2D eigenvalue weighted by molar-refractivity contribution is -0.136. The number of nitrogens with one attached hydrogen (secondary N) is 2. The smallest absolute Gasteiger partial charge is 0.227 e. The monoisotopic (exact) mass is 475 g/mol. The van der Waals surface area contributed by atoms with Crippen molar-refractivity contribution in [1.82, 2.24) is 14.9 Å². The summed E-state index contributed by atoms with van der Waals surface area (Å²) < 4.78 is 15.7. The molecule has 168 valence electrons. The molecule has 0 radical (unpaired) electrons. The summed E-state index contributed by atoms with van der Waals surface area (Å²) in [6.45, 7) is 8.67. The van der Waals surface area contributed by atoms with Crippen molar-refractivity contribution in [3.05, 3.63) is 27.7 Å². The largest absolute Gasteiger partial charge is 0.598 e. The van der Waals surface area contributed by atoms with Crippen LogP contribution in [0.25, 0.3) is 0 Å². The number of carbonyl (C=O) groups is 1. The van der Waals surface area contributed by atoms with Crippen molar-refractivity contribution in [2.45, 2.75) is 50.8 Å². The van der Waals surface area contributed by atoms with E-state index in [1.54, 1.807) is 6.07 Å². The van der Waals surface area contributed by atoms with Crippen LogP contribution < -0.4 is 10.0 Å². The normalized spacial score (nSPS) is 22.9. The number of aromatic hydroxyl groups is 1. The van der Waals surface area contributed by atoms with Gasteiger partial charge in [0, 0.05) is 42.6 Å². The zero-order valence-electron chi connectivity index (χ0n) is 17.7. The van der Waals surface area contributed by atoms with Gasteiger partial charge in [0.1, 0.15) is 10.5 Å². The number of hydrogen-bond acceptors (Lipinski definition) is 5. The van der Waals surface area contributed by atoms with Crippen LogP contribution in [-0.2, 0) is 16.2 Å². The van der Waals surface area contributed by atoms with Gasteiger partial charge in [-0.05, 0) is 58.6 Å². The van der Waals surface area contributed by atoms with E-state index in [-0.39, 0.29) is 34.6 Å². The number of hydrogen-bond donors (Lipinski definition) is 3. The highest BCUT2D eigenvalue weighted by Crippen LogP contribution is 2.40. The van der Waals surface area contributed by atoms with Crippen LogP contribution in [0.5, 0.6) is 5.75 Å². The number of likely N-dealkylation sites (tertiary alicyclic amines) is 1. The Hall–Kier alpha value is -0.700. The Balaban J connectivity index is 1.77. The van der Waals surface area contributed by atoms with Crippen molar-refractivity contribution >= 4 is 40.5 Å². The molecule has 2 aliphatic heterocycles. The molecule has 6 nitrogen and oxygen atoms in total. The summed E-state index contributed by atoms with van der Waals surface area (Å²) >= 11 is 10.9. The van der Waals surface area contributed by atoms with Gasteiger partial charge in [0.2, 0.25) is 5.91 Å². The summed E-state index contributed by atoms with van der Waals surface area (Å²) in [6, 6.07) is 2.73. The Morgan fingerprint density at radius 1 is 1.27 bits per heavy atom. The fourth-order valence-corrected chi connectivity index (χ4v) is 5.32. The van der Waals surface area contributed by atoms with Crippen molar-refractivity contribution in [3.63, 3.8) is 0 Å². The van der Waals surface area contributed by atoms with Crippen LogP contribution in [0.1, 0.15) is 51.6 Å². The minimum Gasteiger partial charge on any atom is -0.598 e. The molecule has 2 aliphatic rings. The summed E-state index contributed by atoms with van der Waals surface area (Å²) in [4.78, 5) is 14.7. The molecule has 9 heteroatoms. The third-order valence-corrected chi connectivity index (χ3v) is 8.23. The van der Waals surface area contributed by atoms with E-state index in [2.05, 4.69) is 10.0 Å². The number of benzene rings is 1. The molecule has 0 saturated carbocycles. The van der Waals surface area contributed by atoms with E-state index in [1.807, 2.05) is 25.7 Å². The summed E-state index contributed by atoms with van der Waals surface area (Å²) in [7, 11) is 0. The first-order valence-corrected chi connectivity index (χ1v) is 12.3. The first kappa shape index (κ1) is 24.0. The van der Waals surface area contributed by atoms with E-state index in [0.29, 0.717) is 23.7 Å². The summed E-state index contributed by atoms with van der Waals surface area (Å²) in [6.07, 6.45) is 2.40. The number of carbonyl (C=O) groups excluding carboxylic acids is 1. The maximum atomic E-state index is 12.9. The summed E-state index contributed by atoms with van der Waals surface area (Å²) in [5.41, 5.74) is 0.590. The van der Waals surface area contributed by atoms with Crippen LogP contribution in [0.3, 0.4) is 0 Å². The summed E-state index contributed by atoms with van der Waals surface area (Å²) in [5.74, 6) is 0.426. The molecule has 0 aliphatic carbocycles. The van der Waals surface area contributed by atoms with E-state index in [4.69, 9.17) is 23.2 Å². The van der Waals surface area contributed by atoms with E-state index in [1.165, 1.54) is 6.07 Å². The average molecular weight is 476 g/mol. The lowest BCUT2D eigenvalue weighted by Gasteiger charge is -2.38. The standard InChI is InChI=1S/C21H31Cl2N3O3S/c1-21(2,3)30(29)25-19(15-10-16(22)17(23)11-18(15)27)13-5-8-26(9-6-13)20(28)14-4-7-24-12-14/h10-11,13-14,19,24-25,27H,4-9,12H2,1-3H3/t14-,19?,30-/m0/s1. The molecule has 2 saturated heterocycles. The molecule has 3 N–H and O–H groups in total. The van der Waals surface area contributed by atoms with E-state index < -0.39 is 16.1 Å². The first-order valence-electron chi connectivity index (χ1n) is 10.4. The Morgan fingerprint density at radius 3 is 2.47 bits per heavy atom. The second-order valence-corrected chi connectivity index (χ2v) is 12.0. The van der Waals surface area contributed by atoms with Gasteiger partial charge >= 0.3 is 0 Å². The molecule has 1 amide bonds. The second kappa shape index (κ2) is 9.84. The molecule has 2 heterocycles. The third-order valence-electron chi connectivity index (χ3n) is 5.93. The number of phenolic OH excluding ortho intramolecular Hbond substituents is 1. The van der Waals surface area contributed by atoms with E-state index >= 15 is 0 Å². The van der Waals surface area contributed by atoms with Crippen LogP contribution in [0.2, 0.25) is 10.0 Å². The van der Waals surface area contributed by atoms with Crippen molar-refractivity contribution in [2.75, 3.05) is 26.2 Å². The molecule has 3 rings (SSSR count). The number of phenols is 1. The van der Waals surface area contributed by atoms with Crippen LogP contribution in [0.4, 0.5) is 0 Å². The number of halogens is 2. The van der Waals surface area contributed by atoms with Crippen LogP contribution in [-0.4, -0.2) is 51.4 Å². The molecular weight excluding hydrogens is 445 g/mol. The van der Waals surface area contributed by atoms with Gasteiger partial charge in [-0.15, -0.1) is 4.72 Å². The molecule has 0 bridgehead atoms. The van der Waals surface area contributed by atoms with Crippen molar-refractivity contribution < 1.29 is 14.5 Å². The molecule has 1 unspecified atom stereocenters. The lowest BCUT2D eigenvalue weighted by Crippen LogP contribution is -2.47. The molecule has 1 aromatic carbocycles. The zero-order chi connectivity index (χ0) is 22.1. The number of piperidine rings is 1. The quantitative estimate of drug-likeness (QED) is 0.565. The zero-order valence-corrected chi connectivity index (χ0v) is 20.0. The topological polar surface area (TPSA) is 87.7 Å². The van der Waals surface area contributed by atoms with Gasteiger partial charge in [-0.2, -0.15) is 0 Å². The lowest BCUT2D eigenvalue weighted by atomic mass is 9.85. The van der Waals surface area contributed by atoms with Gasteiger partial charge < -0.3 is 19.9 Å². The molecule has 2 fully saturated rings. The number of amides is 1. The molecule has 30 heavy (non-hydrogen) atoms. The maximum Gasteiger partial charge on any atom is 0.227 e. The SMILES string of the molecule is CC(C)(C)[S@+]([O-])NC(c1cc(Cl)c(Cl)cc1O)C1CCN(C(=O)[C@H]2CCNC2)CC1. The maximum absolute atomic E-state index is 12.9. The number of nitrogens with zero attached hydrogens (tertiary/aromatic N) is 1. The average Bonchev–Trinajstić information content (AvgIpc) is 3.23. The Labute approximate surface area is 192 Å². The fourth-order valence-electron chi connectivity index (χ4n) is 4.08. The van der Waals surface area contributed by atoms with Crippen LogP contribution >= 0.6 is 23.2 Å². The number of rotatable bonds is 5. The first-order chi connectivity index (χ1) is 14.1.